The predicted octanol–water partition coefficient (Wildman–Crippen LogP) is 6.04. The van der Waals surface area contributed by atoms with E-state index in [1.165, 1.54) is 23.1 Å². The van der Waals surface area contributed by atoms with Crippen molar-refractivity contribution in [2.75, 3.05) is 23.0 Å². The summed E-state index contributed by atoms with van der Waals surface area (Å²) in [6.07, 6.45) is 0. The molecule has 0 aliphatic heterocycles. The fourth-order valence-electron chi connectivity index (χ4n) is 3.23. The molecule has 4 aromatic rings. The second kappa shape index (κ2) is 11.9. The third-order valence-corrected chi connectivity index (χ3v) is 6.73. The smallest absolute Gasteiger partial charge is 0.262 e. The molecule has 0 bridgehead atoms. The first-order valence-electron chi connectivity index (χ1n) is 10.7. The number of rotatable bonds is 9. The number of thiophene rings is 1. The number of para-hydroxylation sites is 1. The second-order valence-corrected chi connectivity index (χ2v) is 9.27. The molecule has 0 unspecified atom stereocenters. The lowest BCUT2D eigenvalue weighted by atomic mass is 10.1. The Morgan fingerprint density at radius 2 is 1.66 bits per heavy atom. The quantitative estimate of drug-likeness (QED) is 0.274. The van der Waals surface area contributed by atoms with Crippen molar-refractivity contribution in [1.29, 1.82) is 5.26 Å². The van der Waals surface area contributed by atoms with Gasteiger partial charge < -0.3 is 15.4 Å². The van der Waals surface area contributed by atoms with Crippen LogP contribution in [0.25, 0.3) is 11.1 Å². The Morgan fingerprint density at radius 1 is 0.914 bits per heavy atom. The fourth-order valence-corrected chi connectivity index (χ4v) is 4.92. The number of carbonyl (C=O) groups is 2. The molecule has 6 nitrogen and oxygen atoms in total. The van der Waals surface area contributed by atoms with Gasteiger partial charge in [-0.1, -0.05) is 54.6 Å². The molecule has 1 heterocycles. The zero-order chi connectivity index (χ0) is 24.5. The standard InChI is InChI=1S/C27H21N3O3S2/c28-15-23-24(19-8-3-1-4-9-19)17-35-27(23)30-26(32)18-34-22-13-7-10-20(14-22)29-25(31)16-33-21-11-5-2-6-12-21/h1-14,17H,16,18H2,(H,29,31)(H,30,32). The number of nitrogens with zero attached hydrogens (tertiary/aromatic N) is 1. The molecular weight excluding hydrogens is 478 g/mol. The molecule has 0 fully saturated rings. The van der Waals surface area contributed by atoms with Gasteiger partial charge >= 0.3 is 0 Å². The molecule has 4 rings (SSSR count). The molecule has 8 heteroatoms. The highest BCUT2D eigenvalue weighted by atomic mass is 32.2. The second-order valence-electron chi connectivity index (χ2n) is 7.35. The van der Waals surface area contributed by atoms with E-state index in [2.05, 4.69) is 16.7 Å². The lowest BCUT2D eigenvalue weighted by Crippen LogP contribution is -2.20. The summed E-state index contributed by atoms with van der Waals surface area (Å²) in [5.41, 5.74) is 2.82. The maximum atomic E-state index is 12.6. The number of ether oxygens (including phenoxy) is 1. The predicted molar refractivity (Wildman–Crippen MR) is 141 cm³/mol. The van der Waals surface area contributed by atoms with Crippen molar-refractivity contribution >= 4 is 45.6 Å². The average Bonchev–Trinajstić information content (AvgIpc) is 3.30. The number of nitriles is 1. The topological polar surface area (TPSA) is 91.2 Å². The van der Waals surface area contributed by atoms with Gasteiger partial charge in [-0.2, -0.15) is 5.26 Å². The summed E-state index contributed by atoms with van der Waals surface area (Å²) >= 11 is 2.68. The van der Waals surface area contributed by atoms with Gasteiger partial charge in [0.25, 0.3) is 5.91 Å². The minimum absolute atomic E-state index is 0.100. The summed E-state index contributed by atoms with van der Waals surface area (Å²) in [5, 5.41) is 17.7. The Hall–Kier alpha value is -4.06. The SMILES string of the molecule is N#Cc1c(-c2ccccc2)csc1NC(=O)CSc1cccc(NC(=O)COc2ccccc2)c1. The zero-order valence-corrected chi connectivity index (χ0v) is 20.2. The normalized spacial score (nSPS) is 10.3. The largest absolute Gasteiger partial charge is 0.484 e. The van der Waals surface area contributed by atoms with Crippen LogP contribution in [0.15, 0.2) is 95.2 Å². The van der Waals surface area contributed by atoms with Gasteiger partial charge in [0.05, 0.1) is 11.3 Å². The number of amides is 2. The van der Waals surface area contributed by atoms with Crippen molar-refractivity contribution in [3.05, 3.63) is 95.9 Å². The van der Waals surface area contributed by atoms with Crippen LogP contribution in [0.2, 0.25) is 0 Å². The van der Waals surface area contributed by atoms with Gasteiger partial charge in [0.15, 0.2) is 6.61 Å². The summed E-state index contributed by atoms with van der Waals surface area (Å²) in [7, 11) is 0. The Balaban J connectivity index is 1.30. The van der Waals surface area contributed by atoms with E-state index < -0.39 is 0 Å². The van der Waals surface area contributed by atoms with E-state index >= 15 is 0 Å². The third-order valence-electron chi connectivity index (χ3n) is 4.84. The van der Waals surface area contributed by atoms with Crippen LogP contribution >= 0.6 is 23.1 Å². The van der Waals surface area contributed by atoms with E-state index in [0.717, 1.165) is 16.0 Å². The van der Waals surface area contributed by atoms with Crippen LogP contribution in [-0.4, -0.2) is 24.2 Å². The van der Waals surface area contributed by atoms with Gasteiger partial charge in [0.1, 0.15) is 16.8 Å². The molecule has 0 aliphatic carbocycles. The Kier molecular flexibility index (Phi) is 8.17. The minimum atomic E-state index is -0.273. The Labute approximate surface area is 211 Å². The molecule has 3 aromatic carbocycles. The highest BCUT2D eigenvalue weighted by molar-refractivity contribution is 8.00. The van der Waals surface area contributed by atoms with Gasteiger partial charge in [-0.05, 0) is 35.9 Å². The monoisotopic (exact) mass is 499 g/mol. The molecule has 2 N–H and O–H groups in total. The Morgan fingerprint density at radius 3 is 2.40 bits per heavy atom. The van der Waals surface area contributed by atoms with Crippen LogP contribution < -0.4 is 15.4 Å². The third kappa shape index (κ3) is 6.73. The number of thioether (sulfide) groups is 1. The first-order chi connectivity index (χ1) is 17.1. The van der Waals surface area contributed by atoms with Crippen molar-refractivity contribution < 1.29 is 14.3 Å². The summed E-state index contributed by atoms with van der Waals surface area (Å²) in [4.78, 5) is 25.6. The van der Waals surface area contributed by atoms with Crippen molar-refractivity contribution in [3.8, 4) is 22.9 Å². The first-order valence-corrected chi connectivity index (χ1v) is 12.6. The van der Waals surface area contributed by atoms with Crippen molar-refractivity contribution in [1.82, 2.24) is 0 Å². The summed E-state index contributed by atoms with van der Waals surface area (Å²) in [5.74, 6) is 0.306. The van der Waals surface area contributed by atoms with Gasteiger partial charge in [-0.25, -0.2) is 0 Å². The van der Waals surface area contributed by atoms with Gasteiger partial charge in [-0.15, -0.1) is 23.1 Å². The molecule has 2 amide bonds. The van der Waals surface area contributed by atoms with E-state index in [1.807, 2.05) is 66.0 Å². The molecule has 0 saturated heterocycles. The van der Waals surface area contributed by atoms with E-state index in [9.17, 15) is 14.9 Å². The summed E-state index contributed by atoms with van der Waals surface area (Å²) in [6, 6.07) is 28.2. The van der Waals surface area contributed by atoms with Gasteiger partial charge in [0.2, 0.25) is 5.91 Å². The number of nitrogens with one attached hydrogen (secondary N) is 2. The van der Waals surface area contributed by atoms with E-state index in [1.54, 1.807) is 24.3 Å². The van der Waals surface area contributed by atoms with Crippen LogP contribution in [0, 0.1) is 11.3 Å². The molecule has 35 heavy (non-hydrogen) atoms. The van der Waals surface area contributed by atoms with Crippen molar-refractivity contribution in [2.24, 2.45) is 0 Å². The van der Waals surface area contributed by atoms with Crippen LogP contribution in [-0.2, 0) is 9.59 Å². The molecule has 0 spiro atoms. The van der Waals surface area contributed by atoms with Gasteiger partial charge in [-0.3, -0.25) is 9.59 Å². The number of carbonyl (C=O) groups excluding carboxylic acids is 2. The lowest BCUT2D eigenvalue weighted by molar-refractivity contribution is -0.118. The minimum Gasteiger partial charge on any atom is -0.484 e. The fraction of sp³-hybridized carbons (Fsp3) is 0.0741. The molecule has 0 radical (unpaired) electrons. The van der Waals surface area contributed by atoms with Crippen LogP contribution in [0.1, 0.15) is 5.56 Å². The number of hydrogen-bond donors (Lipinski definition) is 2. The Bertz CT molecular complexity index is 1350. The van der Waals surface area contributed by atoms with E-state index in [4.69, 9.17) is 4.74 Å². The number of benzene rings is 3. The highest BCUT2D eigenvalue weighted by Gasteiger charge is 2.15. The molecular formula is C27H21N3O3S2. The molecule has 0 atom stereocenters. The van der Waals surface area contributed by atoms with Crippen molar-refractivity contribution in [2.45, 2.75) is 4.90 Å². The van der Waals surface area contributed by atoms with Crippen LogP contribution in [0.3, 0.4) is 0 Å². The van der Waals surface area contributed by atoms with E-state index in [0.29, 0.717) is 22.0 Å². The van der Waals surface area contributed by atoms with Crippen LogP contribution in [0.4, 0.5) is 10.7 Å². The maximum absolute atomic E-state index is 12.6. The zero-order valence-electron chi connectivity index (χ0n) is 18.6. The highest BCUT2D eigenvalue weighted by Crippen LogP contribution is 2.35. The van der Waals surface area contributed by atoms with Crippen LogP contribution in [0.5, 0.6) is 5.75 Å². The molecule has 0 aliphatic rings. The van der Waals surface area contributed by atoms with Crippen molar-refractivity contribution in [3.63, 3.8) is 0 Å². The molecule has 174 valence electrons. The summed E-state index contributed by atoms with van der Waals surface area (Å²) in [6.45, 7) is -0.100. The lowest BCUT2D eigenvalue weighted by Gasteiger charge is -2.09. The van der Waals surface area contributed by atoms with Gasteiger partial charge in [0, 0.05) is 21.5 Å². The summed E-state index contributed by atoms with van der Waals surface area (Å²) < 4.78 is 5.46. The number of anilines is 2. The van der Waals surface area contributed by atoms with E-state index in [-0.39, 0.29) is 24.2 Å². The average molecular weight is 500 g/mol. The maximum Gasteiger partial charge on any atom is 0.262 e. The first kappa shape index (κ1) is 24.1. The molecule has 1 aromatic heterocycles. The number of hydrogen-bond acceptors (Lipinski definition) is 6. The molecule has 0 saturated carbocycles.